The normalized spacial score (nSPS) is 11.7. The highest BCUT2D eigenvalue weighted by atomic mass is 35.5. The Morgan fingerprint density at radius 1 is 1.12 bits per heavy atom. The lowest BCUT2D eigenvalue weighted by Gasteiger charge is -2.18. The summed E-state index contributed by atoms with van der Waals surface area (Å²) < 4.78 is 0. The highest BCUT2D eigenvalue weighted by Crippen LogP contribution is 2.20. The Kier molecular flexibility index (Phi) is 8.29. The van der Waals surface area contributed by atoms with Crippen molar-refractivity contribution in [3.05, 3.63) is 69.7 Å². The first-order chi connectivity index (χ1) is 12.5. The van der Waals surface area contributed by atoms with Crippen LogP contribution in [0.4, 0.5) is 0 Å². The minimum Gasteiger partial charge on any atom is -0.350 e. The van der Waals surface area contributed by atoms with Crippen LogP contribution in [-0.4, -0.2) is 29.9 Å². The van der Waals surface area contributed by atoms with Crippen LogP contribution in [0.1, 0.15) is 22.3 Å². The van der Waals surface area contributed by atoms with Crippen molar-refractivity contribution in [3.8, 4) is 0 Å². The highest BCUT2D eigenvalue weighted by Gasteiger charge is 2.21. The second-order valence-corrected chi connectivity index (χ2v) is 7.46. The maximum atomic E-state index is 12.6. The lowest BCUT2D eigenvalue weighted by Crippen LogP contribution is -2.46. The number of halogens is 2. The molecule has 2 rings (SSSR count). The third kappa shape index (κ3) is 6.24. The molecule has 2 N–H and O–H groups in total. The van der Waals surface area contributed by atoms with Crippen LogP contribution < -0.4 is 10.6 Å². The topological polar surface area (TPSA) is 58.2 Å². The molecule has 0 spiro atoms. The summed E-state index contributed by atoms with van der Waals surface area (Å²) in [7, 11) is 0. The van der Waals surface area contributed by atoms with E-state index < -0.39 is 6.04 Å². The molecule has 1 atom stereocenters. The first-order valence-corrected chi connectivity index (χ1v) is 10.2. The Bertz CT molecular complexity index is 756. The molecule has 0 aliphatic heterocycles. The van der Waals surface area contributed by atoms with Gasteiger partial charge in [0.2, 0.25) is 5.91 Å². The van der Waals surface area contributed by atoms with Crippen molar-refractivity contribution >= 4 is 46.8 Å². The Morgan fingerprint density at radius 3 is 2.50 bits per heavy atom. The molecule has 138 valence electrons. The molecule has 26 heavy (non-hydrogen) atoms. The van der Waals surface area contributed by atoms with E-state index in [-0.39, 0.29) is 18.4 Å². The molecule has 0 unspecified atom stereocenters. The molecule has 0 saturated carbocycles. The SMILES string of the molecule is CSCC[C@H](NC(=O)c1ccccc1)C(=O)NCc1ccc(Cl)cc1Cl. The van der Waals surface area contributed by atoms with Gasteiger partial charge in [0.1, 0.15) is 6.04 Å². The summed E-state index contributed by atoms with van der Waals surface area (Å²) >= 11 is 13.6. The number of benzene rings is 2. The summed E-state index contributed by atoms with van der Waals surface area (Å²) in [5.74, 6) is 0.250. The van der Waals surface area contributed by atoms with Gasteiger partial charge in [0.05, 0.1) is 0 Å². The molecule has 0 bridgehead atoms. The lowest BCUT2D eigenvalue weighted by atomic mass is 10.1. The summed E-state index contributed by atoms with van der Waals surface area (Å²) in [4.78, 5) is 24.9. The van der Waals surface area contributed by atoms with Crippen molar-refractivity contribution < 1.29 is 9.59 Å². The van der Waals surface area contributed by atoms with Crippen molar-refractivity contribution in [1.82, 2.24) is 10.6 Å². The Morgan fingerprint density at radius 2 is 1.85 bits per heavy atom. The van der Waals surface area contributed by atoms with Gasteiger partial charge in [0.15, 0.2) is 0 Å². The van der Waals surface area contributed by atoms with Gasteiger partial charge in [-0.05, 0) is 48.3 Å². The minimum atomic E-state index is -0.610. The van der Waals surface area contributed by atoms with Crippen molar-refractivity contribution in [3.63, 3.8) is 0 Å². The van der Waals surface area contributed by atoms with Crippen LogP contribution in [0.25, 0.3) is 0 Å². The first-order valence-electron chi connectivity index (χ1n) is 8.07. The van der Waals surface area contributed by atoms with E-state index in [2.05, 4.69) is 10.6 Å². The Hall–Kier alpha value is -1.69. The summed E-state index contributed by atoms with van der Waals surface area (Å²) in [5, 5.41) is 6.68. The van der Waals surface area contributed by atoms with Crippen molar-refractivity contribution in [1.29, 1.82) is 0 Å². The van der Waals surface area contributed by atoms with E-state index in [1.54, 1.807) is 54.2 Å². The monoisotopic (exact) mass is 410 g/mol. The van der Waals surface area contributed by atoms with Gasteiger partial charge < -0.3 is 10.6 Å². The van der Waals surface area contributed by atoms with Gasteiger partial charge in [-0.1, -0.05) is 47.5 Å². The lowest BCUT2D eigenvalue weighted by molar-refractivity contribution is -0.123. The highest BCUT2D eigenvalue weighted by molar-refractivity contribution is 7.98. The first kappa shape index (κ1) is 20.6. The van der Waals surface area contributed by atoms with E-state index in [0.717, 1.165) is 11.3 Å². The predicted molar refractivity (Wildman–Crippen MR) is 109 cm³/mol. The zero-order valence-electron chi connectivity index (χ0n) is 14.3. The fourth-order valence-corrected chi connectivity index (χ4v) is 3.25. The van der Waals surface area contributed by atoms with E-state index in [9.17, 15) is 9.59 Å². The quantitative estimate of drug-likeness (QED) is 0.686. The average molecular weight is 411 g/mol. The molecule has 0 radical (unpaired) electrons. The largest absolute Gasteiger partial charge is 0.350 e. The molecule has 4 nitrogen and oxygen atoms in total. The van der Waals surface area contributed by atoms with E-state index in [1.807, 2.05) is 12.3 Å². The number of hydrogen-bond acceptors (Lipinski definition) is 3. The molecule has 7 heteroatoms. The van der Waals surface area contributed by atoms with Gasteiger partial charge in [-0.3, -0.25) is 9.59 Å². The molecule has 0 heterocycles. The average Bonchev–Trinajstić information content (AvgIpc) is 2.64. The van der Waals surface area contributed by atoms with E-state index in [0.29, 0.717) is 22.0 Å². The Labute approximate surface area is 167 Å². The smallest absolute Gasteiger partial charge is 0.251 e. The fourth-order valence-electron chi connectivity index (χ4n) is 2.31. The third-order valence-corrected chi connectivity index (χ3v) is 4.97. The fraction of sp³-hybridized carbons (Fsp3) is 0.263. The second kappa shape index (κ2) is 10.5. The molecule has 0 fully saturated rings. The molecule has 0 aliphatic carbocycles. The molecule has 2 aromatic carbocycles. The van der Waals surface area contributed by atoms with Crippen LogP contribution in [0.15, 0.2) is 48.5 Å². The third-order valence-electron chi connectivity index (χ3n) is 3.74. The van der Waals surface area contributed by atoms with Crippen LogP contribution in [0.2, 0.25) is 10.0 Å². The van der Waals surface area contributed by atoms with Crippen molar-refractivity contribution in [2.45, 2.75) is 19.0 Å². The number of rotatable bonds is 8. The number of thioether (sulfide) groups is 1. The maximum Gasteiger partial charge on any atom is 0.251 e. The summed E-state index contributed by atoms with van der Waals surface area (Å²) in [6.07, 6.45) is 2.50. The van der Waals surface area contributed by atoms with E-state index >= 15 is 0 Å². The molecular formula is C19H20Cl2N2O2S. The number of carbonyl (C=O) groups excluding carboxylic acids is 2. The summed E-state index contributed by atoms with van der Waals surface area (Å²) in [6.45, 7) is 0.270. The van der Waals surface area contributed by atoms with Gasteiger partial charge in [0, 0.05) is 22.2 Å². The zero-order chi connectivity index (χ0) is 18.9. The molecular weight excluding hydrogens is 391 g/mol. The van der Waals surface area contributed by atoms with Crippen LogP contribution >= 0.6 is 35.0 Å². The summed E-state index contributed by atoms with van der Waals surface area (Å²) in [6, 6.07) is 13.3. The van der Waals surface area contributed by atoms with Gasteiger partial charge in [0.25, 0.3) is 5.91 Å². The van der Waals surface area contributed by atoms with Crippen LogP contribution in [0, 0.1) is 0 Å². The van der Waals surface area contributed by atoms with Crippen molar-refractivity contribution in [2.75, 3.05) is 12.0 Å². The van der Waals surface area contributed by atoms with Gasteiger partial charge in [-0.2, -0.15) is 11.8 Å². The van der Waals surface area contributed by atoms with Crippen LogP contribution in [0.3, 0.4) is 0 Å². The molecule has 2 amide bonds. The summed E-state index contributed by atoms with van der Waals surface area (Å²) in [5.41, 5.74) is 1.29. The van der Waals surface area contributed by atoms with Crippen molar-refractivity contribution in [2.24, 2.45) is 0 Å². The van der Waals surface area contributed by atoms with Gasteiger partial charge in [-0.15, -0.1) is 0 Å². The van der Waals surface area contributed by atoms with Crippen LogP contribution in [0.5, 0.6) is 0 Å². The van der Waals surface area contributed by atoms with Gasteiger partial charge >= 0.3 is 0 Å². The van der Waals surface area contributed by atoms with Crippen LogP contribution in [-0.2, 0) is 11.3 Å². The van der Waals surface area contributed by atoms with E-state index in [1.165, 1.54) is 0 Å². The molecule has 2 aromatic rings. The predicted octanol–water partition coefficient (Wildman–Crippen LogP) is 4.16. The zero-order valence-corrected chi connectivity index (χ0v) is 16.6. The number of hydrogen-bond donors (Lipinski definition) is 2. The van der Waals surface area contributed by atoms with E-state index in [4.69, 9.17) is 23.2 Å². The maximum absolute atomic E-state index is 12.6. The Balaban J connectivity index is 2.00. The second-order valence-electron chi connectivity index (χ2n) is 5.63. The van der Waals surface area contributed by atoms with Gasteiger partial charge in [-0.25, -0.2) is 0 Å². The minimum absolute atomic E-state index is 0.241. The standard InChI is InChI=1S/C19H20Cl2N2O2S/c1-26-10-9-17(23-18(24)13-5-3-2-4-6-13)19(25)22-12-14-7-8-15(20)11-16(14)21/h2-8,11,17H,9-10,12H2,1H3,(H,22,25)(H,23,24)/t17-/m0/s1. The number of carbonyl (C=O) groups is 2. The molecule has 0 saturated heterocycles. The molecule has 0 aliphatic rings. The molecule has 0 aromatic heterocycles. The number of nitrogens with one attached hydrogen (secondary N) is 2. The number of amides is 2.